The van der Waals surface area contributed by atoms with Gasteiger partial charge in [0.2, 0.25) is 5.91 Å². The zero-order valence-corrected chi connectivity index (χ0v) is 13.1. The van der Waals surface area contributed by atoms with E-state index in [2.05, 4.69) is 17.6 Å². The SMILES string of the molecule is CCC(C)(C)NC(=O)C(C)Nc1ccc(C)cc1Cl. The number of carbonyl (C=O) groups excluding carboxylic acids is 1. The second kappa shape index (κ2) is 6.29. The van der Waals surface area contributed by atoms with Gasteiger partial charge in [-0.15, -0.1) is 0 Å². The molecule has 106 valence electrons. The second-order valence-corrected chi connectivity index (χ2v) is 5.98. The summed E-state index contributed by atoms with van der Waals surface area (Å²) in [5.41, 5.74) is 1.69. The number of hydrogen-bond donors (Lipinski definition) is 2. The maximum absolute atomic E-state index is 12.1. The van der Waals surface area contributed by atoms with Crippen LogP contribution < -0.4 is 10.6 Å². The van der Waals surface area contributed by atoms with Crippen molar-refractivity contribution < 1.29 is 4.79 Å². The molecule has 0 saturated heterocycles. The molecule has 2 N–H and O–H groups in total. The summed E-state index contributed by atoms with van der Waals surface area (Å²) in [5, 5.41) is 6.79. The van der Waals surface area contributed by atoms with E-state index in [9.17, 15) is 4.79 Å². The van der Waals surface area contributed by atoms with E-state index in [0.29, 0.717) is 5.02 Å². The molecule has 0 aromatic heterocycles. The van der Waals surface area contributed by atoms with Gasteiger partial charge in [-0.05, 0) is 51.8 Å². The molecule has 0 aliphatic carbocycles. The van der Waals surface area contributed by atoms with Crippen LogP contribution in [-0.4, -0.2) is 17.5 Å². The minimum atomic E-state index is -0.328. The third-order valence-electron chi connectivity index (χ3n) is 3.24. The summed E-state index contributed by atoms with van der Waals surface area (Å²) in [6.07, 6.45) is 0.886. The van der Waals surface area contributed by atoms with Gasteiger partial charge in [-0.3, -0.25) is 4.79 Å². The van der Waals surface area contributed by atoms with Crippen molar-refractivity contribution in [1.82, 2.24) is 5.32 Å². The van der Waals surface area contributed by atoms with Crippen LogP contribution in [0.2, 0.25) is 5.02 Å². The first kappa shape index (κ1) is 15.8. The van der Waals surface area contributed by atoms with E-state index in [1.54, 1.807) is 0 Å². The van der Waals surface area contributed by atoms with Crippen molar-refractivity contribution in [3.63, 3.8) is 0 Å². The van der Waals surface area contributed by atoms with Crippen molar-refractivity contribution in [1.29, 1.82) is 0 Å². The molecule has 0 radical (unpaired) electrons. The van der Waals surface area contributed by atoms with Crippen LogP contribution in [0.3, 0.4) is 0 Å². The van der Waals surface area contributed by atoms with Gasteiger partial charge in [0.1, 0.15) is 6.04 Å². The predicted molar refractivity (Wildman–Crippen MR) is 81.8 cm³/mol. The molecule has 0 aliphatic rings. The Kier molecular flexibility index (Phi) is 5.24. The molecule has 1 amide bonds. The molecular formula is C15H23ClN2O. The van der Waals surface area contributed by atoms with Crippen LogP contribution in [0.1, 0.15) is 39.7 Å². The summed E-state index contributed by atoms with van der Waals surface area (Å²) in [6, 6.07) is 5.41. The van der Waals surface area contributed by atoms with Crippen LogP contribution in [0, 0.1) is 6.92 Å². The fourth-order valence-corrected chi connectivity index (χ4v) is 1.86. The second-order valence-electron chi connectivity index (χ2n) is 5.58. The first-order valence-electron chi connectivity index (χ1n) is 6.60. The van der Waals surface area contributed by atoms with E-state index in [0.717, 1.165) is 17.7 Å². The first-order chi connectivity index (χ1) is 8.75. The van der Waals surface area contributed by atoms with E-state index in [1.807, 2.05) is 45.9 Å². The maximum atomic E-state index is 12.1. The third kappa shape index (κ3) is 4.75. The van der Waals surface area contributed by atoms with Gasteiger partial charge in [0.25, 0.3) is 0 Å². The van der Waals surface area contributed by atoms with Gasteiger partial charge in [0.15, 0.2) is 0 Å². The van der Waals surface area contributed by atoms with Gasteiger partial charge < -0.3 is 10.6 Å². The average Bonchev–Trinajstić information content (AvgIpc) is 2.32. The van der Waals surface area contributed by atoms with E-state index in [-0.39, 0.29) is 17.5 Å². The molecule has 0 fully saturated rings. The summed E-state index contributed by atoms with van der Waals surface area (Å²) < 4.78 is 0. The lowest BCUT2D eigenvalue weighted by Crippen LogP contribution is -2.48. The Bertz CT molecular complexity index is 457. The van der Waals surface area contributed by atoms with Crippen LogP contribution in [0.15, 0.2) is 18.2 Å². The van der Waals surface area contributed by atoms with Crippen LogP contribution >= 0.6 is 11.6 Å². The Morgan fingerprint density at radius 3 is 2.58 bits per heavy atom. The Labute approximate surface area is 120 Å². The fourth-order valence-electron chi connectivity index (χ4n) is 1.57. The topological polar surface area (TPSA) is 41.1 Å². The number of aryl methyl sites for hydroxylation is 1. The maximum Gasteiger partial charge on any atom is 0.242 e. The molecular weight excluding hydrogens is 260 g/mol. The minimum absolute atomic E-state index is 0.0245. The monoisotopic (exact) mass is 282 g/mol. The number of nitrogens with one attached hydrogen (secondary N) is 2. The van der Waals surface area contributed by atoms with Gasteiger partial charge in [-0.25, -0.2) is 0 Å². The van der Waals surface area contributed by atoms with E-state index in [4.69, 9.17) is 11.6 Å². The molecule has 0 aliphatic heterocycles. The normalized spacial score (nSPS) is 12.9. The highest BCUT2D eigenvalue weighted by Crippen LogP contribution is 2.23. The first-order valence-corrected chi connectivity index (χ1v) is 6.97. The van der Waals surface area contributed by atoms with E-state index in [1.165, 1.54) is 0 Å². The van der Waals surface area contributed by atoms with Crippen molar-refractivity contribution in [2.45, 2.75) is 52.6 Å². The molecule has 1 aromatic rings. The van der Waals surface area contributed by atoms with Crippen molar-refractivity contribution in [3.8, 4) is 0 Å². The number of hydrogen-bond acceptors (Lipinski definition) is 2. The zero-order valence-electron chi connectivity index (χ0n) is 12.3. The highest BCUT2D eigenvalue weighted by atomic mass is 35.5. The molecule has 1 rings (SSSR count). The summed E-state index contributed by atoms with van der Waals surface area (Å²) in [6.45, 7) is 9.88. The van der Waals surface area contributed by atoms with Gasteiger partial charge >= 0.3 is 0 Å². The highest BCUT2D eigenvalue weighted by molar-refractivity contribution is 6.33. The van der Waals surface area contributed by atoms with Crippen LogP contribution in [0.25, 0.3) is 0 Å². The smallest absolute Gasteiger partial charge is 0.242 e. The molecule has 0 bridgehead atoms. The van der Waals surface area contributed by atoms with Crippen molar-refractivity contribution in [2.75, 3.05) is 5.32 Å². The zero-order chi connectivity index (χ0) is 14.6. The molecule has 4 heteroatoms. The van der Waals surface area contributed by atoms with Gasteiger partial charge in [-0.1, -0.05) is 24.6 Å². The van der Waals surface area contributed by atoms with Gasteiger partial charge in [-0.2, -0.15) is 0 Å². The summed E-state index contributed by atoms with van der Waals surface area (Å²) in [5.74, 6) is -0.0245. The lowest BCUT2D eigenvalue weighted by Gasteiger charge is -2.27. The summed E-state index contributed by atoms with van der Waals surface area (Å²) in [4.78, 5) is 12.1. The third-order valence-corrected chi connectivity index (χ3v) is 3.55. The minimum Gasteiger partial charge on any atom is -0.373 e. The lowest BCUT2D eigenvalue weighted by molar-refractivity contribution is -0.123. The highest BCUT2D eigenvalue weighted by Gasteiger charge is 2.22. The van der Waals surface area contributed by atoms with Crippen molar-refractivity contribution in [2.24, 2.45) is 0 Å². The molecule has 0 heterocycles. The van der Waals surface area contributed by atoms with Crippen LogP contribution in [0.4, 0.5) is 5.69 Å². The molecule has 0 spiro atoms. The number of rotatable bonds is 5. The molecule has 1 atom stereocenters. The Morgan fingerprint density at radius 2 is 2.05 bits per heavy atom. The average molecular weight is 283 g/mol. The summed E-state index contributed by atoms with van der Waals surface area (Å²) >= 11 is 6.14. The number of anilines is 1. The van der Waals surface area contributed by atoms with E-state index < -0.39 is 0 Å². The predicted octanol–water partition coefficient (Wildman–Crippen LogP) is 3.75. The number of halogens is 1. The Hall–Kier alpha value is -1.22. The molecule has 0 saturated carbocycles. The van der Waals surface area contributed by atoms with Crippen molar-refractivity contribution >= 4 is 23.2 Å². The standard InChI is InChI=1S/C15H23ClN2O/c1-6-15(4,5)18-14(19)11(3)17-13-8-7-10(2)9-12(13)16/h7-9,11,17H,6H2,1-5H3,(H,18,19). The Morgan fingerprint density at radius 1 is 1.42 bits per heavy atom. The quantitative estimate of drug-likeness (QED) is 0.863. The summed E-state index contributed by atoms with van der Waals surface area (Å²) in [7, 11) is 0. The van der Waals surface area contributed by atoms with E-state index >= 15 is 0 Å². The van der Waals surface area contributed by atoms with Crippen LogP contribution in [0.5, 0.6) is 0 Å². The number of benzene rings is 1. The number of amides is 1. The largest absolute Gasteiger partial charge is 0.373 e. The lowest BCUT2D eigenvalue weighted by atomic mass is 10.0. The van der Waals surface area contributed by atoms with Gasteiger partial charge in [0, 0.05) is 5.54 Å². The molecule has 19 heavy (non-hydrogen) atoms. The number of carbonyl (C=O) groups is 1. The molecule has 1 aromatic carbocycles. The molecule has 1 unspecified atom stereocenters. The fraction of sp³-hybridized carbons (Fsp3) is 0.533. The van der Waals surface area contributed by atoms with Crippen molar-refractivity contribution in [3.05, 3.63) is 28.8 Å². The van der Waals surface area contributed by atoms with Gasteiger partial charge in [0.05, 0.1) is 10.7 Å². The van der Waals surface area contributed by atoms with Crippen LogP contribution in [-0.2, 0) is 4.79 Å². The molecule has 3 nitrogen and oxygen atoms in total. The Balaban J connectivity index is 2.69.